The number of rotatable bonds is 14. The van der Waals surface area contributed by atoms with Crippen LogP contribution in [0.4, 0.5) is 0 Å². The summed E-state index contributed by atoms with van der Waals surface area (Å²) in [4.78, 5) is 23.9. The van der Waals surface area contributed by atoms with Crippen LogP contribution in [0.25, 0.3) is 0 Å². The Kier molecular flexibility index (Phi) is 18.3. The predicted octanol–water partition coefficient (Wildman–Crippen LogP) is 7.62. The first kappa shape index (κ1) is 38.7. The number of carbonyl (C=O) groups is 2. The van der Waals surface area contributed by atoms with Crippen LogP contribution in [-0.4, -0.2) is 51.1 Å². The van der Waals surface area contributed by atoms with E-state index in [9.17, 15) is 9.59 Å². The molecule has 0 heterocycles. The lowest BCUT2D eigenvalue weighted by Crippen LogP contribution is -2.39. The fraction of sp³-hybridized carbons (Fsp3) is 0.486. The first-order valence-corrected chi connectivity index (χ1v) is 14.1. The fourth-order valence-electron chi connectivity index (χ4n) is 3.33. The maximum atomic E-state index is 12.4. The summed E-state index contributed by atoms with van der Waals surface area (Å²) in [6, 6.07) is 10.9. The van der Waals surface area contributed by atoms with Crippen molar-refractivity contribution in [2.24, 2.45) is 5.41 Å². The Morgan fingerprint density at radius 1 is 0.762 bits per heavy atom. The maximum absolute atomic E-state index is 12.4. The molecular formula is C35H53NO6. The number of ketones is 2. The Hall–Kier alpha value is -3.26. The monoisotopic (exact) mass is 583 g/mol. The van der Waals surface area contributed by atoms with E-state index in [4.69, 9.17) is 18.9 Å². The highest BCUT2D eigenvalue weighted by molar-refractivity contribution is 5.99. The van der Waals surface area contributed by atoms with Crippen molar-refractivity contribution < 1.29 is 28.5 Å². The van der Waals surface area contributed by atoms with Gasteiger partial charge in [-0.2, -0.15) is 0 Å². The number of hydrogen-bond donors (Lipinski definition) is 1. The number of Topliss-reactive ketones (excluding diaryl/α,β-unsaturated/α-hetero) is 2. The van der Waals surface area contributed by atoms with Gasteiger partial charge in [0.25, 0.3) is 0 Å². The van der Waals surface area contributed by atoms with Crippen LogP contribution in [0, 0.1) is 5.41 Å². The molecule has 1 N–H and O–H groups in total. The van der Waals surface area contributed by atoms with Gasteiger partial charge in [-0.05, 0) is 45.2 Å². The van der Waals surface area contributed by atoms with Crippen molar-refractivity contribution in [3.63, 3.8) is 0 Å². The van der Waals surface area contributed by atoms with Crippen LogP contribution in [0.1, 0.15) is 87.2 Å². The van der Waals surface area contributed by atoms with E-state index in [0.717, 1.165) is 11.1 Å². The molecule has 7 heteroatoms. The van der Waals surface area contributed by atoms with Crippen LogP contribution in [-0.2, 0) is 22.7 Å². The first-order valence-electron chi connectivity index (χ1n) is 14.1. The minimum atomic E-state index is -0.103. The lowest BCUT2D eigenvalue weighted by Gasteiger charge is -2.20. The lowest BCUT2D eigenvalue weighted by molar-refractivity contribution is 0.0971. The van der Waals surface area contributed by atoms with Crippen LogP contribution < -0.4 is 14.8 Å². The third-order valence-electron chi connectivity index (χ3n) is 5.13. The molecule has 7 nitrogen and oxygen atoms in total. The second kappa shape index (κ2) is 19.8. The van der Waals surface area contributed by atoms with E-state index in [-0.39, 0.29) is 23.7 Å². The van der Waals surface area contributed by atoms with Gasteiger partial charge in [0.2, 0.25) is 0 Å². The van der Waals surface area contributed by atoms with Gasteiger partial charge < -0.3 is 24.3 Å². The average molecular weight is 584 g/mol. The van der Waals surface area contributed by atoms with E-state index < -0.39 is 0 Å². The third kappa shape index (κ3) is 16.9. The van der Waals surface area contributed by atoms with Crippen molar-refractivity contribution in [3.05, 3.63) is 84.0 Å². The van der Waals surface area contributed by atoms with Crippen molar-refractivity contribution in [1.82, 2.24) is 5.32 Å². The van der Waals surface area contributed by atoms with Crippen molar-refractivity contribution in [3.8, 4) is 11.5 Å². The van der Waals surface area contributed by atoms with E-state index in [1.165, 1.54) is 6.92 Å². The lowest BCUT2D eigenvalue weighted by atomic mass is 10.0. The average Bonchev–Trinajstić information content (AvgIpc) is 2.91. The van der Waals surface area contributed by atoms with Crippen LogP contribution in [0.3, 0.4) is 0 Å². The number of carbonyl (C=O) groups excluding carboxylic acids is 2. The largest absolute Gasteiger partial charge is 0.496 e. The predicted molar refractivity (Wildman–Crippen MR) is 173 cm³/mol. The summed E-state index contributed by atoms with van der Waals surface area (Å²) >= 11 is 0. The second-order valence-corrected chi connectivity index (χ2v) is 12.2. The zero-order valence-corrected chi connectivity index (χ0v) is 27.5. The number of hydrogen-bond acceptors (Lipinski definition) is 7. The minimum Gasteiger partial charge on any atom is -0.496 e. The van der Waals surface area contributed by atoms with Gasteiger partial charge in [0.15, 0.2) is 11.6 Å². The molecule has 234 valence electrons. The van der Waals surface area contributed by atoms with Crippen LogP contribution >= 0.6 is 0 Å². The summed E-state index contributed by atoms with van der Waals surface area (Å²) in [5.74, 6) is 1.38. The van der Waals surface area contributed by atoms with Crippen molar-refractivity contribution in [2.75, 3.05) is 34.0 Å². The van der Waals surface area contributed by atoms with E-state index in [1.54, 1.807) is 38.5 Å². The van der Waals surface area contributed by atoms with Gasteiger partial charge in [-0.1, -0.05) is 64.1 Å². The summed E-state index contributed by atoms with van der Waals surface area (Å²) < 4.78 is 21.4. The zero-order valence-electron chi connectivity index (χ0n) is 27.5. The SMILES string of the molecule is C=CCOCc1c(OC)cccc1C(=O)CNC(C)(C)C.C=CCOCc1c(OC)cccc1C(C)=O.CC(C)(C)C. The smallest absolute Gasteiger partial charge is 0.177 e. The van der Waals surface area contributed by atoms with Gasteiger partial charge in [0.05, 0.1) is 47.2 Å². The zero-order chi connectivity index (χ0) is 32.3. The van der Waals surface area contributed by atoms with E-state index in [1.807, 2.05) is 45.0 Å². The van der Waals surface area contributed by atoms with Gasteiger partial charge in [-0.15, -0.1) is 13.2 Å². The molecule has 0 aliphatic heterocycles. The molecular weight excluding hydrogens is 530 g/mol. The summed E-state index contributed by atoms with van der Waals surface area (Å²) in [5.41, 5.74) is 3.24. The highest BCUT2D eigenvalue weighted by atomic mass is 16.5. The van der Waals surface area contributed by atoms with Crippen LogP contribution in [0.15, 0.2) is 61.7 Å². The molecule has 2 aromatic carbocycles. The standard InChI is InChI=1S/C17H25NO3.C13H16O3.C5H12/c1-6-10-21-12-14-13(8-7-9-16(14)20-5)15(19)11-18-17(2,3)4;1-4-8-16-9-12-11(10(2)14)6-5-7-13(12)15-3;1-5(2,3)4/h6-9,18H,1,10-12H2,2-5H3;4-7H,1,8-9H2,2-3H3;1-4H3. The fourth-order valence-corrected chi connectivity index (χ4v) is 3.33. The van der Waals surface area contributed by atoms with Gasteiger partial charge in [0, 0.05) is 27.8 Å². The van der Waals surface area contributed by atoms with Crippen molar-refractivity contribution in [1.29, 1.82) is 0 Å². The Morgan fingerprint density at radius 3 is 1.52 bits per heavy atom. The van der Waals surface area contributed by atoms with Crippen LogP contribution in [0.5, 0.6) is 11.5 Å². The van der Waals surface area contributed by atoms with Gasteiger partial charge in [-0.25, -0.2) is 0 Å². The molecule has 0 spiro atoms. The summed E-state index contributed by atoms with van der Waals surface area (Å²) in [6.07, 6.45) is 3.35. The van der Waals surface area contributed by atoms with Crippen molar-refractivity contribution >= 4 is 11.6 Å². The minimum absolute atomic E-state index is 0.0103. The van der Waals surface area contributed by atoms with Gasteiger partial charge in [0.1, 0.15) is 11.5 Å². The molecule has 0 atom stereocenters. The third-order valence-corrected chi connectivity index (χ3v) is 5.13. The molecule has 0 aromatic heterocycles. The molecule has 0 amide bonds. The van der Waals surface area contributed by atoms with E-state index in [2.05, 4.69) is 46.2 Å². The molecule has 42 heavy (non-hydrogen) atoms. The molecule has 2 rings (SSSR count). The molecule has 0 radical (unpaired) electrons. The Balaban J connectivity index is 0.000000707. The summed E-state index contributed by atoms with van der Waals surface area (Å²) in [6.45, 7) is 25.4. The summed E-state index contributed by atoms with van der Waals surface area (Å²) in [7, 11) is 3.17. The number of methoxy groups -OCH3 is 2. The Morgan fingerprint density at radius 2 is 1.17 bits per heavy atom. The molecule has 0 unspecified atom stereocenters. The molecule has 2 aromatic rings. The molecule has 0 saturated heterocycles. The van der Waals surface area contributed by atoms with Crippen molar-refractivity contribution in [2.45, 2.75) is 74.1 Å². The quantitative estimate of drug-likeness (QED) is 0.139. The normalized spacial score (nSPS) is 10.8. The Labute approximate surface area is 254 Å². The van der Waals surface area contributed by atoms with E-state index >= 15 is 0 Å². The molecule has 0 aliphatic carbocycles. The highest BCUT2D eigenvalue weighted by Gasteiger charge is 2.18. The highest BCUT2D eigenvalue weighted by Crippen LogP contribution is 2.25. The first-order chi connectivity index (χ1) is 19.6. The Bertz CT molecular complexity index is 1120. The molecule has 0 bridgehead atoms. The van der Waals surface area contributed by atoms with Gasteiger partial charge in [-0.3, -0.25) is 9.59 Å². The molecule has 0 saturated carbocycles. The van der Waals surface area contributed by atoms with Crippen LogP contribution in [0.2, 0.25) is 0 Å². The number of ether oxygens (including phenoxy) is 4. The molecule has 0 fully saturated rings. The second-order valence-electron chi connectivity index (χ2n) is 12.2. The summed E-state index contributed by atoms with van der Waals surface area (Å²) in [5, 5.41) is 3.20. The van der Waals surface area contributed by atoms with Gasteiger partial charge >= 0.3 is 0 Å². The topological polar surface area (TPSA) is 83.1 Å². The number of benzene rings is 2. The maximum Gasteiger partial charge on any atom is 0.177 e. The molecule has 0 aliphatic rings. The number of nitrogens with one attached hydrogen (secondary N) is 1. The van der Waals surface area contributed by atoms with E-state index in [0.29, 0.717) is 54.5 Å².